The first kappa shape index (κ1) is 13.7. The maximum Gasteiger partial charge on any atom is 0.216 e. The van der Waals surface area contributed by atoms with Gasteiger partial charge in [-0.25, -0.2) is 0 Å². The molecule has 17 heavy (non-hydrogen) atoms. The van der Waals surface area contributed by atoms with Gasteiger partial charge in [-0.05, 0) is 26.3 Å². The number of amides is 1. The first-order chi connectivity index (χ1) is 7.99. The highest BCUT2D eigenvalue weighted by atomic mass is 16.1. The SMILES string of the molecule is CC(=O)NCCNC(C)c1cc(C)cc(C)c1. The van der Waals surface area contributed by atoms with Crippen molar-refractivity contribution in [2.24, 2.45) is 0 Å². The molecule has 1 aromatic carbocycles. The van der Waals surface area contributed by atoms with Crippen molar-refractivity contribution in [2.45, 2.75) is 33.7 Å². The highest BCUT2D eigenvalue weighted by molar-refractivity contribution is 5.72. The highest BCUT2D eigenvalue weighted by Gasteiger charge is 2.05. The summed E-state index contributed by atoms with van der Waals surface area (Å²) in [5.74, 6) is 0.0193. The molecule has 0 aliphatic carbocycles. The molecule has 0 saturated carbocycles. The quantitative estimate of drug-likeness (QED) is 0.766. The molecule has 1 atom stereocenters. The highest BCUT2D eigenvalue weighted by Crippen LogP contribution is 2.16. The normalized spacial score (nSPS) is 12.2. The number of rotatable bonds is 5. The Balaban J connectivity index is 2.46. The van der Waals surface area contributed by atoms with Crippen molar-refractivity contribution in [3.63, 3.8) is 0 Å². The molecule has 0 fully saturated rings. The molecule has 2 N–H and O–H groups in total. The summed E-state index contributed by atoms with van der Waals surface area (Å²) in [6.45, 7) is 9.36. The van der Waals surface area contributed by atoms with Gasteiger partial charge < -0.3 is 10.6 Å². The van der Waals surface area contributed by atoms with Gasteiger partial charge in [0, 0.05) is 26.1 Å². The number of nitrogens with one attached hydrogen (secondary N) is 2. The average molecular weight is 234 g/mol. The monoisotopic (exact) mass is 234 g/mol. The summed E-state index contributed by atoms with van der Waals surface area (Å²) in [6, 6.07) is 6.88. The minimum Gasteiger partial charge on any atom is -0.355 e. The summed E-state index contributed by atoms with van der Waals surface area (Å²) < 4.78 is 0. The second-order valence-corrected chi connectivity index (χ2v) is 4.58. The third-order valence-electron chi connectivity index (χ3n) is 2.69. The third kappa shape index (κ3) is 5.00. The lowest BCUT2D eigenvalue weighted by Crippen LogP contribution is -2.31. The maximum atomic E-state index is 10.7. The van der Waals surface area contributed by atoms with Crippen LogP contribution in [-0.2, 0) is 4.79 Å². The van der Waals surface area contributed by atoms with E-state index in [-0.39, 0.29) is 5.91 Å². The van der Waals surface area contributed by atoms with Gasteiger partial charge in [-0.2, -0.15) is 0 Å². The molecule has 3 heteroatoms. The zero-order valence-electron chi connectivity index (χ0n) is 11.1. The van der Waals surface area contributed by atoms with Crippen molar-refractivity contribution >= 4 is 5.91 Å². The van der Waals surface area contributed by atoms with E-state index in [4.69, 9.17) is 0 Å². The van der Waals surface area contributed by atoms with Crippen LogP contribution in [0.5, 0.6) is 0 Å². The molecule has 1 unspecified atom stereocenters. The standard InChI is InChI=1S/C14H22N2O/c1-10-7-11(2)9-14(8-10)12(3)15-5-6-16-13(4)17/h7-9,12,15H,5-6H2,1-4H3,(H,16,17). The fourth-order valence-electron chi connectivity index (χ4n) is 1.90. The molecule has 0 aliphatic rings. The Labute approximate surface area is 104 Å². The predicted octanol–water partition coefficient (Wildman–Crippen LogP) is 2.09. The number of carbonyl (C=O) groups excluding carboxylic acids is 1. The predicted molar refractivity (Wildman–Crippen MR) is 71.0 cm³/mol. The minimum absolute atomic E-state index is 0.0193. The van der Waals surface area contributed by atoms with Crippen LogP contribution in [0.4, 0.5) is 0 Å². The first-order valence-electron chi connectivity index (χ1n) is 6.05. The van der Waals surface area contributed by atoms with Gasteiger partial charge in [0.2, 0.25) is 5.91 Å². The molecule has 0 aromatic heterocycles. The number of hydrogen-bond donors (Lipinski definition) is 2. The second-order valence-electron chi connectivity index (χ2n) is 4.58. The molecular weight excluding hydrogens is 212 g/mol. The average Bonchev–Trinajstić information content (AvgIpc) is 2.22. The van der Waals surface area contributed by atoms with E-state index in [0.29, 0.717) is 12.6 Å². The van der Waals surface area contributed by atoms with Crippen molar-refractivity contribution in [2.75, 3.05) is 13.1 Å². The second kappa shape index (κ2) is 6.40. The molecule has 0 spiro atoms. The van der Waals surface area contributed by atoms with Gasteiger partial charge in [0.1, 0.15) is 0 Å². The molecule has 0 aliphatic heterocycles. The molecule has 3 nitrogen and oxygen atoms in total. The van der Waals surface area contributed by atoms with Crippen molar-refractivity contribution in [3.8, 4) is 0 Å². The Morgan fingerprint density at radius 2 is 1.76 bits per heavy atom. The van der Waals surface area contributed by atoms with Crippen molar-refractivity contribution < 1.29 is 4.79 Å². The van der Waals surface area contributed by atoms with Crippen LogP contribution in [0.3, 0.4) is 0 Å². The Hall–Kier alpha value is -1.35. The zero-order chi connectivity index (χ0) is 12.8. The Kier molecular flexibility index (Phi) is 5.16. The first-order valence-corrected chi connectivity index (χ1v) is 6.05. The molecule has 0 radical (unpaired) electrons. The summed E-state index contributed by atoms with van der Waals surface area (Å²) in [5, 5.41) is 6.17. The lowest BCUT2D eigenvalue weighted by atomic mass is 10.0. The number of carbonyl (C=O) groups is 1. The van der Waals surface area contributed by atoms with Gasteiger partial charge in [-0.3, -0.25) is 4.79 Å². The Bertz CT molecular complexity index is 368. The van der Waals surface area contributed by atoms with Gasteiger partial charge in [0.15, 0.2) is 0 Å². The van der Waals surface area contributed by atoms with Gasteiger partial charge in [-0.15, -0.1) is 0 Å². The van der Waals surface area contributed by atoms with E-state index < -0.39 is 0 Å². The molecule has 94 valence electrons. The van der Waals surface area contributed by atoms with E-state index in [9.17, 15) is 4.79 Å². The van der Waals surface area contributed by atoms with E-state index >= 15 is 0 Å². The number of aryl methyl sites for hydroxylation is 2. The Morgan fingerprint density at radius 1 is 1.18 bits per heavy atom. The summed E-state index contributed by atoms with van der Waals surface area (Å²) in [7, 11) is 0. The van der Waals surface area contributed by atoms with Gasteiger partial charge >= 0.3 is 0 Å². The lowest BCUT2D eigenvalue weighted by Gasteiger charge is -2.15. The van der Waals surface area contributed by atoms with Gasteiger partial charge in [0.05, 0.1) is 0 Å². The van der Waals surface area contributed by atoms with Crippen LogP contribution in [0.2, 0.25) is 0 Å². The third-order valence-corrected chi connectivity index (χ3v) is 2.69. The summed E-state index contributed by atoms with van der Waals surface area (Å²) >= 11 is 0. The molecule has 1 rings (SSSR count). The topological polar surface area (TPSA) is 41.1 Å². The van der Waals surface area contributed by atoms with Crippen LogP contribution >= 0.6 is 0 Å². The van der Waals surface area contributed by atoms with Crippen LogP contribution in [-0.4, -0.2) is 19.0 Å². The summed E-state index contributed by atoms with van der Waals surface area (Å²) in [6.07, 6.45) is 0. The molecule has 0 saturated heterocycles. The molecule has 1 aromatic rings. The largest absolute Gasteiger partial charge is 0.355 e. The molecular formula is C14H22N2O. The van der Waals surface area contributed by atoms with E-state index in [1.807, 2.05) is 0 Å². The Morgan fingerprint density at radius 3 is 2.29 bits per heavy atom. The van der Waals surface area contributed by atoms with Crippen molar-refractivity contribution in [1.82, 2.24) is 10.6 Å². The lowest BCUT2D eigenvalue weighted by molar-refractivity contribution is -0.118. The van der Waals surface area contributed by atoms with E-state index in [1.54, 1.807) is 0 Å². The van der Waals surface area contributed by atoms with Crippen LogP contribution in [0.25, 0.3) is 0 Å². The van der Waals surface area contributed by atoms with Gasteiger partial charge in [-0.1, -0.05) is 29.3 Å². The van der Waals surface area contributed by atoms with Crippen LogP contribution in [0.1, 0.15) is 36.6 Å². The van der Waals surface area contributed by atoms with E-state index in [1.165, 1.54) is 23.6 Å². The van der Waals surface area contributed by atoms with Crippen molar-refractivity contribution in [3.05, 3.63) is 34.9 Å². The number of benzene rings is 1. The number of hydrogen-bond acceptors (Lipinski definition) is 2. The van der Waals surface area contributed by atoms with Crippen LogP contribution < -0.4 is 10.6 Å². The summed E-state index contributed by atoms with van der Waals surface area (Å²) in [5.41, 5.74) is 3.87. The van der Waals surface area contributed by atoms with Gasteiger partial charge in [0.25, 0.3) is 0 Å². The smallest absolute Gasteiger partial charge is 0.216 e. The molecule has 0 bridgehead atoms. The van der Waals surface area contributed by atoms with E-state index in [0.717, 1.165) is 6.54 Å². The molecule has 1 amide bonds. The van der Waals surface area contributed by atoms with Crippen molar-refractivity contribution in [1.29, 1.82) is 0 Å². The minimum atomic E-state index is 0.0193. The fourth-order valence-corrected chi connectivity index (χ4v) is 1.90. The summed E-state index contributed by atoms with van der Waals surface area (Å²) in [4.78, 5) is 10.7. The maximum absolute atomic E-state index is 10.7. The van der Waals surface area contributed by atoms with E-state index in [2.05, 4.69) is 49.6 Å². The fraction of sp³-hybridized carbons (Fsp3) is 0.500. The van der Waals surface area contributed by atoms with Crippen LogP contribution in [0.15, 0.2) is 18.2 Å². The molecule has 0 heterocycles. The van der Waals surface area contributed by atoms with Crippen LogP contribution in [0, 0.1) is 13.8 Å². The zero-order valence-corrected chi connectivity index (χ0v) is 11.1.